The minimum Gasteiger partial charge on any atom is -0.495 e. The van der Waals surface area contributed by atoms with E-state index in [9.17, 15) is 4.79 Å². The average Bonchev–Trinajstić information content (AvgIpc) is 2.75. The van der Waals surface area contributed by atoms with Crippen molar-refractivity contribution in [3.63, 3.8) is 0 Å². The first-order valence-electron chi connectivity index (χ1n) is 6.71. The first-order valence-corrected chi connectivity index (χ1v) is 6.71. The summed E-state index contributed by atoms with van der Waals surface area (Å²) in [5.41, 5.74) is 4.69. The molecule has 0 saturated carbocycles. The number of carbonyl (C=O) groups excluding carboxylic acids is 1. The lowest BCUT2D eigenvalue weighted by molar-refractivity contribution is -0.114. The SMILES string of the molecule is COc1ccc(NC(C)=O)cc1NCc1c(C)n[nH]c1C. The zero-order valence-corrected chi connectivity index (χ0v) is 12.7. The van der Waals surface area contributed by atoms with Crippen LogP contribution in [0.4, 0.5) is 11.4 Å². The van der Waals surface area contributed by atoms with Gasteiger partial charge < -0.3 is 15.4 Å². The number of aryl methyl sites for hydroxylation is 2. The molecule has 6 heteroatoms. The molecule has 21 heavy (non-hydrogen) atoms. The van der Waals surface area contributed by atoms with E-state index in [1.54, 1.807) is 13.2 Å². The van der Waals surface area contributed by atoms with Crippen LogP contribution >= 0.6 is 0 Å². The van der Waals surface area contributed by atoms with Crippen LogP contribution < -0.4 is 15.4 Å². The molecule has 0 saturated heterocycles. The highest BCUT2D eigenvalue weighted by molar-refractivity contribution is 5.89. The fourth-order valence-electron chi connectivity index (χ4n) is 2.15. The molecule has 112 valence electrons. The van der Waals surface area contributed by atoms with Crippen LogP contribution in [0.2, 0.25) is 0 Å². The zero-order chi connectivity index (χ0) is 15.4. The van der Waals surface area contributed by atoms with Crippen molar-refractivity contribution in [2.24, 2.45) is 0 Å². The van der Waals surface area contributed by atoms with Gasteiger partial charge in [-0.1, -0.05) is 0 Å². The van der Waals surface area contributed by atoms with E-state index in [1.165, 1.54) is 6.92 Å². The van der Waals surface area contributed by atoms with E-state index < -0.39 is 0 Å². The van der Waals surface area contributed by atoms with Crippen LogP contribution in [0.3, 0.4) is 0 Å². The van der Waals surface area contributed by atoms with Gasteiger partial charge in [-0.2, -0.15) is 5.10 Å². The molecule has 1 aromatic heterocycles. The van der Waals surface area contributed by atoms with Gasteiger partial charge in [0, 0.05) is 30.4 Å². The van der Waals surface area contributed by atoms with E-state index in [2.05, 4.69) is 20.8 Å². The first-order chi connectivity index (χ1) is 10.0. The number of rotatable bonds is 5. The monoisotopic (exact) mass is 288 g/mol. The van der Waals surface area contributed by atoms with Gasteiger partial charge in [-0.3, -0.25) is 9.89 Å². The van der Waals surface area contributed by atoms with Gasteiger partial charge in [0.05, 0.1) is 18.5 Å². The van der Waals surface area contributed by atoms with Crippen molar-refractivity contribution in [1.29, 1.82) is 0 Å². The Hall–Kier alpha value is -2.50. The fourth-order valence-corrected chi connectivity index (χ4v) is 2.15. The summed E-state index contributed by atoms with van der Waals surface area (Å²) >= 11 is 0. The maximum atomic E-state index is 11.1. The molecule has 0 aliphatic heterocycles. The van der Waals surface area contributed by atoms with Gasteiger partial charge in [-0.25, -0.2) is 0 Å². The molecule has 0 spiro atoms. The fraction of sp³-hybridized carbons (Fsp3) is 0.333. The molecule has 0 aliphatic carbocycles. The first kappa shape index (κ1) is 14.9. The highest BCUT2D eigenvalue weighted by atomic mass is 16.5. The smallest absolute Gasteiger partial charge is 0.221 e. The van der Waals surface area contributed by atoms with Crippen LogP contribution in [-0.4, -0.2) is 23.2 Å². The van der Waals surface area contributed by atoms with Crippen molar-refractivity contribution in [1.82, 2.24) is 10.2 Å². The van der Waals surface area contributed by atoms with E-state index in [-0.39, 0.29) is 5.91 Å². The summed E-state index contributed by atoms with van der Waals surface area (Å²) in [5, 5.41) is 13.2. The largest absolute Gasteiger partial charge is 0.495 e. The van der Waals surface area contributed by atoms with Crippen LogP contribution in [0.25, 0.3) is 0 Å². The lowest BCUT2D eigenvalue weighted by atomic mass is 10.2. The number of H-pyrrole nitrogens is 1. The number of hydrogen-bond donors (Lipinski definition) is 3. The average molecular weight is 288 g/mol. The topological polar surface area (TPSA) is 79.0 Å². The molecule has 1 amide bonds. The normalized spacial score (nSPS) is 10.3. The van der Waals surface area contributed by atoms with Crippen molar-refractivity contribution in [2.45, 2.75) is 27.3 Å². The number of aromatic nitrogens is 2. The number of nitrogens with one attached hydrogen (secondary N) is 3. The molecule has 3 N–H and O–H groups in total. The van der Waals surface area contributed by atoms with Crippen molar-refractivity contribution in [2.75, 3.05) is 17.7 Å². The third kappa shape index (κ3) is 3.53. The molecule has 0 fully saturated rings. The van der Waals surface area contributed by atoms with Gasteiger partial charge in [0.15, 0.2) is 0 Å². The maximum Gasteiger partial charge on any atom is 0.221 e. The predicted molar refractivity (Wildman–Crippen MR) is 82.7 cm³/mol. The van der Waals surface area contributed by atoms with Crippen LogP contribution in [0, 0.1) is 13.8 Å². The molecule has 0 atom stereocenters. The standard InChI is InChI=1S/C15H20N4O2/c1-9-13(10(2)19-18-9)8-16-14-7-12(17-11(3)20)5-6-15(14)21-4/h5-7,16H,8H2,1-4H3,(H,17,20)(H,18,19). The van der Waals surface area contributed by atoms with Crippen molar-refractivity contribution < 1.29 is 9.53 Å². The highest BCUT2D eigenvalue weighted by Crippen LogP contribution is 2.28. The van der Waals surface area contributed by atoms with Gasteiger partial charge in [0.1, 0.15) is 5.75 Å². The number of aromatic amines is 1. The molecule has 6 nitrogen and oxygen atoms in total. The van der Waals surface area contributed by atoms with Gasteiger partial charge in [-0.05, 0) is 32.0 Å². The van der Waals surface area contributed by atoms with Gasteiger partial charge in [0.2, 0.25) is 5.91 Å². The van der Waals surface area contributed by atoms with E-state index >= 15 is 0 Å². The van der Waals surface area contributed by atoms with Gasteiger partial charge in [0.25, 0.3) is 0 Å². The quantitative estimate of drug-likeness (QED) is 0.790. The molecule has 2 rings (SSSR count). The molecule has 0 unspecified atom stereocenters. The molecule has 0 radical (unpaired) electrons. The highest BCUT2D eigenvalue weighted by Gasteiger charge is 2.09. The number of anilines is 2. The minimum atomic E-state index is -0.104. The van der Waals surface area contributed by atoms with Crippen molar-refractivity contribution in [3.8, 4) is 5.75 Å². The number of amides is 1. The minimum absolute atomic E-state index is 0.104. The molecule has 2 aromatic rings. The number of benzene rings is 1. The Kier molecular flexibility index (Phi) is 4.47. The Morgan fingerprint density at radius 3 is 2.71 bits per heavy atom. The molecule has 0 aliphatic rings. The van der Waals surface area contributed by atoms with Gasteiger partial charge >= 0.3 is 0 Å². The predicted octanol–water partition coefficient (Wildman–Crippen LogP) is 2.61. The summed E-state index contributed by atoms with van der Waals surface area (Å²) in [7, 11) is 1.62. The second-order valence-corrected chi connectivity index (χ2v) is 4.86. The summed E-state index contributed by atoms with van der Waals surface area (Å²) in [4.78, 5) is 11.1. The Balaban J connectivity index is 2.19. The number of carbonyl (C=O) groups is 1. The van der Waals surface area contributed by atoms with Crippen LogP contribution in [0.15, 0.2) is 18.2 Å². The van der Waals surface area contributed by atoms with E-state index in [0.29, 0.717) is 6.54 Å². The Labute approximate surface area is 123 Å². The summed E-state index contributed by atoms with van der Waals surface area (Å²) in [6.45, 7) is 6.07. The second-order valence-electron chi connectivity index (χ2n) is 4.86. The lowest BCUT2D eigenvalue weighted by Gasteiger charge is -2.13. The lowest BCUT2D eigenvalue weighted by Crippen LogP contribution is -2.07. The zero-order valence-electron chi connectivity index (χ0n) is 12.7. The van der Waals surface area contributed by atoms with Crippen LogP contribution in [0.1, 0.15) is 23.9 Å². The van der Waals surface area contributed by atoms with Crippen LogP contribution in [0.5, 0.6) is 5.75 Å². The van der Waals surface area contributed by atoms with Crippen molar-refractivity contribution in [3.05, 3.63) is 35.2 Å². The van der Waals surface area contributed by atoms with E-state index in [1.807, 2.05) is 26.0 Å². The molecule has 0 bridgehead atoms. The van der Waals surface area contributed by atoms with Gasteiger partial charge in [-0.15, -0.1) is 0 Å². The molecular weight excluding hydrogens is 268 g/mol. The molecular formula is C15H20N4O2. The number of nitrogens with zero attached hydrogens (tertiary/aromatic N) is 1. The van der Waals surface area contributed by atoms with E-state index in [0.717, 1.165) is 34.1 Å². The third-order valence-electron chi connectivity index (χ3n) is 3.26. The number of hydrogen-bond acceptors (Lipinski definition) is 4. The van der Waals surface area contributed by atoms with Crippen LogP contribution in [-0.2, 0) is 11.3 Å². The summed E-state index contributed by atoms with van der Waals surface area (Å²) in [5.74, 6) is 0.621. The second kappa shape index (κ2) is 6.30. The van der Waals surface area contributed by atoms with Crippen molar-refractivity contribution >= 4 is 17.3 Å². The maximum absolute atomic E-state index is 11.1. The Morgan fingerprint density at radius 2 is 2.14 bits per heavy atom. The summed E-state index contributed by atoms with van der Waals surface area (Å²) in [6.07, 6.45) is 0. The number of methoxy groups -OCH3 is 1. The van der Waals surface area contributed by atoms with E-state index in [4.69, 9.17) is 4.74 Å². The summed E-state index contributed by atoms with van der Waals surface area (Å²) < 4.78 is 5.34. The molecule has 1 aromatic carbocycles. The Morgan fingerprint density at radius 1 is 1.38 bits per heavy atom. The molecule has 1 heterocycles. The number of ether oxygens (including phenoxy) is 1. The summed E-state index contributed by atoms with van der Waals surface area (Å²) in [6, 6.07) is 5.48. The Bertz CT molecular complexity index is 630. The third-order valence-corrected chi connectivity index (χ3v) is 3.26.